The fourth-order valence-corrected chi connectivity index (χ4v) is 5.82. The van der Waals surface area contributed by atoms with Crippen molar-refractivity contribution in [2.75, 3.05) is 0 Å². The number of pyridine rings is 2. The summed E-state index contributed by atoms with van der Waals surface area (Å²) in [7, 11) is 0. The van der Waals surface area contributed by atoms with Gasteiger partial charge in [0.05, 0.1) is 60.2 Å². The largest absolute Gasteiger partial charge is 0.311 e. The number of imidazole rings is 4. The van der Waals surface area contributed by atoms with Crippen molar-refractivity contribution < 1.29 is 8.78 Å². The van der Waals surface area contributed by atoms with Gasteiger partial charge in [0.2, 0.25) is 11.9 Å². The first kappa shape index (κ1) is 30.7. The van der Waals surface area contributed by atoms with Gasteiger partial charge in [-0.3, -0.25) is 19.1 Å². The molecule has 0 saturated heterocycles. The van der Waals surface area contributed by atoms with Crippen molar-refractivity contribution in [3.8, 4) is 11.9 Å². The first-order chi connectivity index (χ1) is 25.6. The molecule has 252 valence electrons. The summed E-state index contributed by atoms with van der Waals surface area (Å²) in [6.07, 6.45) is 17.1. The molecule has 0 aliphatic carbocycles. The lowest BCUT2D eigenvalue weighted by atomic mass is 10.3. The second kappa shape index (κ2) is 12.8. The lowest BCUT2D eigenvalue weighted by Gasteiger charge is -2.05. The molecule has 2 aromatic carbocycles. The molecule has 0 aliphatic rings. The Morgan fingerprint density at radius 3 is 1.62 bits per heavy atom. The van der Waals surface area contributed by atoms with Crippen molar-refractivity contribution in [2.24, 2.45) is 0 Å². The van der Waals surface area contributed by atoms with Gasteiger partial charge >= 0.3 is 0 Å². The van der Waals surface area contributed by atoms with Crippen LogP contribution in [0, 0.1) is 11.6 Å². The first-order valence-electron chi connectivity index (χ1n) is 16.0. The van der Waals surface area contributed by atoms with Gasteiger partial charge in [0.1, 0.15) is 35.3 Å². The standard InChI is InChI=1S/2C18H12FN7/c19-13-3-4-16-14(6-13)23-11-26(16)18-21-8-15-17(24-18)25(10-22-15)9-12-2-1-5-20-7-12;19-13-3-4-14-16(6-13)26(11-23-14)18-21-8-15-17(24-18)25(10-22-15)9-12-2-1-5-20-7-12/h2*1-8,10-11H,9H2. The molecule has 8 aromatic heterocycles. The molecular formula is C36H24F2N14. The van der Waals surface area contributed by atoms with Crippen LogP contribution in [-0.2, 0) is 13.1 Å². The van der Waals surface area contributed by atoms with E-state index in [0.29, 0.717) is 63.9 Å². The fourth-order valence-electron chi connectivity index (χ4n) is 5.82. The van der Waals surface area contributed by atoms with Gasteiger partial charge in [-0.2, -0.15) is 9.97 Å². The fraction of sp³-hybridized carbons (Fsp3) is 0.0556. The number of hydrogen-bond donors (Lipinski definition) is 0. The minimum Gasteiger partial charge on any atom is -0.311 e. The van der Waals surface area contributed by atoms with Gasteiger partial charge in [-0.15, -0.1) is 0 Å². The van der Waals surface area contributed by atoms with Gasteiger partial charge in [0.15, 0.2) is 11.3 Å². The summed E-state index contributed by atoms with van der Waals surface area (Å²) in [6, 6.07) is 16.7. The van der Waals surface area contributed by atoms with Gasteiger partial charge in [-0.25, -0.2) is 38.7 Å². The topological polar surface area (TPSA) is 149 Å². The zero-order valence-corrected chi connectivity index (χ0v) is 27.0. The molecular weight excluding hydrogens is 666 g/mol. The Labute approximate surface area is 291 Å². The quantitative estimate of drug-likeness (QED) is 0.219. The van der Waals surface area contributed by atoms with Crippen molar-refractivity contribution in [1.29, 1.82) is 0 Å². The lowest BCUT2D eigenvalue weighted by Crippen LogP contribution is -2.04. The molecule has 0 amide bonds. The number of halogens is 2. The van der Waals surface area contributed by atoms with Crippen LogP contribution in [0.25, 0.3) is 56.3 Å². The molecule has 0 atom stereocenters. The molecule has 0 aliphatic heterocycles. The van der Waals surface area contributed by atoms with Crippen LogP contribution in [0.1, 0.15) is 11.1 Å². The molecule has 0 fully saturated rings. The van der Waals surface area contributed by atoms with Crippen LogP contribution >= 0.6 is 0 Å². The minimum atomic E-state index is -0.332. The first-order valence-corrected chi connectivity index (χ1v) is 16.0. The Kier molecular flexibility index (Phi) is 7.57. The van der Waals surface area contributed by atoms with Crippen molar-refractivity contribution in [3.05, 3.63) is 146 Å². The summed E-state index contributed by atoms with van der Waals surface area (Å²) in [5, 5.41) is 0. The Bertz CT molecular complexity index is 2840. The van der Waals surface area contributed by atoms with E-state index in [4.69, 9.17) is 0 Å². The Hall–Kier alpha value is -7.36. The average molecular weight is 691 g/mol. The molecule has 10 aromatic rings. The van der Waals surface area contributed by atoms with Crippen molar-refractivity contribution in [1.82, 2.24) is 68.1 Å². The molecule has 52 heavy (non-hydrogen) atoms. The summed E-state index contributed by atoms with van der Waals surface area (Å²) in [5.41, 5.74) is 7.47. The summed E-state index contributed by atoms with van der Waals surface area (Å²) in [5.74, 6) is 0.216. The second-order valence-electron chi connectivity index (χ2n) is 11.7. The molecule has 0 spiro atoms. The van der Waals surface area contributed by atoms with Crippen molar-refractivity contribution >= 4 is 44.4 Å². The van der Waals surface area contributed by atoms with E-state index >= 15 is 0 Å². The van der Waals surface area contributed by atoms with Gasteiger partial charge in [-0.1, -0.05) is 12.1 Å². The second-order valence-corrected chi connectivity index (χ2v) is 11.7. The number of aromatic nitrogens is 14. The molecule has 16 heteroatoms. The number of benzene rings is 2. The van der Waals surface area contributed by atoms with Gasteiger partial charge in [0, 0.05) is 36.9 Å². The lowest BCUT2D eigenvalue weighted by molar-refractivity contribution is 0.628. The van der Waals surface area contributed by atoms with E-state index in [9.17, 15) is 8.78 Å². The predicted octanol–water partition coefficient (Wildman–Crippen LogP) is 5.50. The van der Waals surface area contributed by atoms with E-state index in [1.807, 2.05) is 39.6 Å². The van der Waals surface area contributed by atoms with E-state index in [1.54, 1.807) is 77.6 Å². The molecule has 0 N–H and O–H groups in total. The zero-order valence-electron chi connectivity index (χ0n) is 27.0. The number of hydrogen-bond acceptors (Lipinski definition) is 10. The van der Waals surface area contributed by atoms with Crippen LogP contribution in [-0.4, -0.2) is 68.1 Å². The van der Waals surface area contributed by atoms with E-state index < -0.39 is 0 Å². The van der Waals surface area contributed by atoms with E-state index in [-0.39, 0.29) is 11.6 Å². The molecule has 14 nitrogen and oxygen atoms in total. The van der Waals surface area contributed by atoms with Crippen LogP contribution in [0.4, 0.5) is 8.78 Å². The Morgan fingerprint density at radius 1 is 0.481 bits per heavy atom. The maximum atomic E-state index is 13.6. The van der Waals surface area contributed by atoms with Crippen LogP contribution in [0.15, 0.2) is 123 Å². The molecule has 0 saturated carbocycles. The third-order valence-electron chi connectivity index (χ3n) is 8.29. The molecule has 0 bridgehead atoms. The zero-order chi connectivity index (χ0) is 35.0. The van der Waals surface area contributed by atoms with Gasteiger partial charge in [0.25, 0.3) is 0 Å². The molecule has 0 unspecified atom stereocenters. The van der Waals surface area contributed by atoms with Crippen LogP contribution in [0.3, 0.4) is 0 Å². The number of fused-ring (bicyclic) bond motifs is 4. The van der Waals surface area contributed by atoms with Gasteiger partial charge in [-0.05, 0) is 47.5 Å². The third kappa shape index (κ3) is 5.83. The summed E-state index contributed by atoms with van der Waals surface area (Å²) in [4.78, 5) is 43.5. The predicted molar refractivity (Wildman–Crippen MR) is 186 cm³/mol. The third-order valence-corrected chi connectivity index (χ3v) is 8.29. The van der Waals surface area contributed by atoms with E-state index in [2.05, 4.69) is 49.8 Å². The number of rotatable bonds is 6. The normalized spacial score (nSPS) is 11.4. The summed E-state index contributed by atoms with van der Waals surface area (Å²) < 4.78 is 34.3. The Morgan fingerprint density at radius 2 is 1.02 bits per heavy atom. The van der Waals surface area contributed by atoms with Crippen LogP contribution < -0.4 is 0 Å². The van der Waals surface area contributed by atoms with E-state index in [1.165, 1.54) is 24.3 Å². The average Bonchev–Trinajstić information content (AvgIpc) is 3.98. The highest BCUT2D eigenvalue weighted by Gasteiger charge is 2.14. The maximum Gasteiger partial charge on any atom is 0.237 e. The SMILES string of the molecule is Fc1ccc2c(c1)ncn2-c1ncc2ncn(Cc3cccnc3)c2n1.Fc1ccc2ncn(-c3ncc4ncn(Cc5cccnc5)c4n3)c2c1. The molecule has 8 heterocycles. The molecule has 0 radical (unpaired) electrons. The van der Waals surface area contributed by atoms with E-state index in [0.717, 1.165) is 16.6 Å². The number of nitrogens with zero attached hydrogens (tertiary/aromatic N) is 14. The summed E-state index contributed by atoms with van der Waals surface area (Å²) in [6.45, 7) is 1.21. The van der Waals surface area contributed by atoms with Crippen molar-refractivity contribution in [3.63, 3.8) is 0 Å². The Balaban J connectivity index is 0.000000138. The maximum absolute atomic E-state index is 13.6. The van der Waals surface area contributed by atoms with Crippen LogP contribution in [0.5, 0.6) is 0 Å². The smallest absolute Gasteiger partial charge is 0.237 e. The highest BCUT2D eigenvalue weighted by Crippen LogP contribution is 2.21. The minimum absolute atomic E-state index is 0.325. The summed E-state index contributed by atoms with van der Waals surface area (Å²) >= 11 is 0. The monoisotopic (exact) mass is 690 g/mol. The highest BCUT2D eigenvalue weighted by atomic mass is 19.1. The van der Waals surface area contributed by atoms with Crippen LogP contribution in [0.2, 0.25) is 0 Å². The molecule has 10 rings (SSSR count). The highest BCUT2D eigenvalue weighted by molar-refractivity contribution is 5.78. The van der Waals surface area contributed by atoms with Gasteiger partial charge < -0.3 is 9.13 Å². The van der Waals surface area contributed by atoms with Crippen molar-refractivity contribution in [2.45, 2.75) is 13.1 Å².